The molecule has 1 fully saturated rings. The Bertz CT molecular complexity index is 438. The fraction of sp³-hybridized carbons (Fsp3) is 0.462. The van der Waals surface area contributed by atoms with Crippen molar-refractivity contribution in [2.75, 3.05) is 18.0 Å². The average Bonchev–Trinajstić information content (AvgIpc) is 2.47. The Morgan fingerprint density at radius 1 is 1.56 bits per heavy atom. The number of anilines is 1. The first-order chi connectivity index (χ1) is 8.61. The van der Waals surface area contributed by atoms with Crippen LogP contribution in [0.25, 0.3) is 0 Å². The van der Waals surface area contributed by atoms with Crippen LogP contribution in [0.1, 0.15) is 13.3 Å². The van der Waals surface area contributed by atoms with Crippen molar-refractivity contribution in [2.24, 2.45) is 5.73 Å². The average molecular weight is 312 g/mol. The monoisotopic (exact) mass is 311 g/mol. The van der Waals surface area contributed by atoms with Crippen molar-refractivity contribution in [3.8, 4) is 0 Å². The fourth-order valence-electron chi connectivity index (χ4n) is 2.24. The van der Waals surface area contributed by atoms with E-state index < -0.39 is 0 Å². The Morgan fingerprint density at radius 2 is 2.33 bits per heavy atom. The minimum atomic E-state index is -0.288. The number of halogens is 1. The molecule has 1 amide bonds. The third-order valence-electron chi connectivity index (χ3n) is 3.23. The van der Waals surface area contributed by atoms with Gasteiger partial charge in [-0.15, -0.1) is 0 Å². The molecule has 4 nitrogen and oxygen atoms in total. The van der Waals surface area contributed by atoms with Gasteiger partial charge in [0.05, 0.1) is 0 Å². The molecule has 5 heteroatoms. The van der Waals surface area contributed by atoms with Crippen molar-refractivity contribution >= 4 is 27.5 Å². The highest BCUT2D eigenvalue weighted by atomic mass is 79.9. The summed E-state index contributed by atoms with van der Waals surface area (Å²) in [6.07, 6.45) is 0.925. The number of benzene rings is 1. The molecule has 0 aromatic heterocycles. The molecular weight excluding hydrogens is 294 g/mol. The lowest BCUT2D eigenvalue weighted by molar-refractivity contribution is -0.122. The van der Waals surface area contributed by atoms with Gasteiger partial charge in [-0.05, 0) is 31.5 Å². The van der Waals surface area contributed by atoms with Crippen molar-refractivity contribution in [1.82, 2.24) is 5.32 Å². The molecule has 18 heavy (non-hydrogen) atoms. The van der Waals surface area contributed by atoms with Crippen LogP contribution in [0.5, 0.6) is 0 Å². The normalized spacial score (nSPS) is 24.6. The maximum atomic E-state index is 12.1. The van der Waals surface area contributed by atoms with E-state index in [1.165, 1.54) is 0 Å². The molecule has 2 unspecified atom stereocenters. The van der Waals surface area contributed by atoms with Gasteiger partial charge in [-0.1, -0.05) is 22.0 Å². The highest BCUT2D eigenvalue weighted by Crippen LogP contribution is 2.23. The van der Waals surface area contributed by atoms with Gasteiger partial charge in [-0.3, -0.25) is 4.79 Å². The predicted molar refractivity (Wildman–Crippen MR) is 76.6 cm³/mol. The van der Waals surface area contributed by atoms with Gasteiger partial charge < -0.3 is 16.0 Å². The van der Waals surface area contributed by atoms with Gasteiger partial charge in [-0.2, -0.15) is 0 Å². The SMILES string of the molecule is CC1CCN(c2cccc(Br)c2)C(CN)C(=O)N1. The number of nitrogens with zero attached hydrogens (tertiary/aromatic N) is 1. The first kappa shape index (κ1) is 13.4. The zero-order valence-corrected chi connectivity index (χ0v) is 12.0. The van der Waals surface area contributed by atoms with E-state index in [0.717, 1.165) is 23.1 Å². The predicted octanol–water partition coefficient (Wildman–Crippen LogP) is 1.49. The molecule has 0 saturated carbocycles. The van der Waals surface area contributed by atoms with Crippen LogP contribution in [0.2, 0.25) is 0 Å². The van der Waals surface area contributed by atoms with Gasteiger partial charge >= 0.3 is 0 Å². The second-order valence-electron chi connectivity index (χ2n) is 4.62. The molecule has 1 heterocycles. The van der Waals surface area contributed by atoms with E-state index in [2.05, 4.69) is 26.1 Å². The number of nitrogens with one attached hydrogen (secondary N) is 1. The maximum Gasteiger partial charge on any atom is 0.244 e. The fourth-order valence-corrected chi connectivity index (χ4v) is 2.63. The van der Waals surface area contributed by atoms with E-state index in [-0.39, 0.29) is 18.0 Å². The molecule has 1 aliphatic heterocycles. The summed E-state index contributed by atoms with van der Waals surface area (Å²) in [7, 11) is 0. The number of nitrogens with two attached hydrogens (primary N) is 1. The Morgan fingerprint density at radius 3 is 3.00 bits per heavy atom. The molecule has 1 saturated heterocycles. The third kappa shape index (κ3) is 2.84. The summed E-state index contributed by atoms with van der Waals surface area (Å²) in [4.78, 5) is 14.2. The van der Waals surface area contributed by atoms with E-state index in [1.807, 2.05) is 31.2 Å². The summed E-state index contributed by atoms with van der Waals surface area (Å²) in [5.41, 5.74) is 6.79. The van der Waals surface area contributed by atoms with E-state index in [1.54, 1.807) is 0 Å². The summed E-state index contributed by atoms with van der Waals surface area (Å²) >= 11 is 3.46. The quantitative estimate of drug-likeness (QED) is 0.870. The van der Waals surface area contributed by atoms with Gasteiger partial charge in [0.1, 0.15) is 6.04 Å². The number of hydrogen-bond donors (Lipinski definition) is 2. The second-order valence-corrected chi connectivity index (χ2v) is 5.54. The smallest absolute Gasteiger partial charge is 0.244 e. The summed E-state index contributed by atoms with van der Waals surface area (Å²) < 4.78 is 1.01. The van der Waals surface area contributed by atoms with Crippen LogP contribution in [0, 0.1) is 0 Å². The van der Waals surface area contributed by atoms with E-state index in [9.17, 15) is 4.79 Å². The summed E-state index contributed by atoms with van der Waals surface area (Å²) in [6, 6.07) is 7.89. The number of carbonyl (C=O) groups excluding carboxylic acids is 1. The minimum Gasteiger partial charge on any atom is -0.358 e. The van der Waals surface area contributed by atoms with Crippen LogP contribution < -0.4 is 16.0 Å². The minimum absolute atomic E-state index is 0.0162. The Hall–Kier alpha value is -1.07. The molecule has 1 aromatic rings. The molecule has 0 radical (unpaired) electrons. The van der Waals surface area contributed by atoms with Gasteiger partial charge in [0.15, 0.2) is 0 Å². The number of rotatable bonds is 2. The van der Waals surface area contributed by atoms with E-state index in [4.69, 9.17) is 5.73 Å². The van der Waals surface area contributed by atoms with Gasteiger partial charge in [0, 0.05) is 29.3 Å². The lowest BCUT2D eigenvalue weighted by Crippen LogP contribution is -2.49. The van der Waals surface area contributed by atoms with Crippen LogP contribution in [0.4, 0.5) is 5.69 Å². The Kier molecular flexibility index (Phi) is 4.24. The topological polar surface area (TPSA) is 58.4 Å². The lowest BCUT2D eigenvalue weighted by atomic mass is 10.2. The van der Waals surface area contributed by atoms with Crippen LogP contribution in [0.15, 0.2) is 28.7 Å². The Balaban J connectivity index is 2.31. The number of hydrogen-bond acceptors (Lipinski definition) is 3. The largest absolute Gasteiger partial charge is 0.358 e. The van der Waals surface area contributed by atoms with Crippen molar-refractivity contribution in [3.05, 3.63) is 28.7 Å². The molecule has 3 N–H and O–H groups in total. The van der Waals surface area contributed by atoms with E-state index in [0.29, 0.717) is 6.54 Å². The van der Waals surface area contributed by atoms with Crippen LogP contribution in [-0.2, 0) is 4.79 Å². The zero-order valence-electron chi connectivity index (χ0n) is 10.4. The highest BCUT2D eigenvalue weighted by Gasteiger charge is 2.29. The van der Waals surface area contributed by atoms with Gasteiger partial charge in [-0.25, -0.2) is 0 Å². The van der Waals surface area contributed by atoms with Crippen LogP contribution >= 0.6 is 15.9 Å². The molecule has 0 bridgehead atoms. The molecule has 1 aliphatic rings. The highest BCUT2D eigenvalue weighted by molar-refractivity contribution is 9.10. The molecule has 2 atom stereocenters. The van der Waals surface area contributed by atoms with Crippen molar-refractivity contribution in [1.29, 1.82) is 0 Å². The van der Waals surface area contributed by atoms with Gasteiger partial charge in [0.25, 0.3) is 0 Å². The van der Waals surface area contributed by atoms with E-state index >= 15 is 0 Å². The third-order valence-corrected chi connectivity index (χ3v) is 3.73. The number of carbonyl (C=O) groups is 1. The molecule has 0 spiro atoms. The second kappa shape index (κ2) is 5.71. The zero-order chi connectivity index (χ0) is 13.1. The molecule has 2 rings (SSSR count). The van der Waals surface area contributed by atoms with Crippen molar-refractivity contribution < 1.29 is 4.79 Å². The molecule has 0 aliphatic carbocycles. The lowest BCUT2D eigenvalue weighted by Gasteiger charge is -2.29. The maximum absolute atomic E-state index is 12.1. The summed E-state index contributed by atoms with van der Waals surface area (Å²) in [5.74, 6) is 0.0162. The van der Waals surface area contributed by atoms with Crippen molar-refractivity contribution in [2.45, 2.75) is 25.4 Å². The Labute approximate surface area is 116 Å². The van der Waals surface area contributed by atoms with Crippen molar-refractivity contribution in [3.63, 3.8) is 0 Å². The standard InChI is InChI=1S/C13H18BrN3O/c1-9-5-6-17(12(8-15)13(18)16-9)11-4-2-3-10(14)7-11/h2-4,7,9,12H,5-6,8,15H2,1H3,(H,16,18). The van der Waals surface area contributed by atoms with Crippen LogP contribution in [-0.4, -0.2) is 31.1 Å². The first-order valence-corrected chi connectivity index (χ1v) is 6.93. The molecule has 98 valence electrons. The molecular formula is C13H18BrN3O. The van der Waals surface area contributed by atoms with Gasteiger partial charge in [0.2, 0.25) is 5.91 Å². The van der Waals surface area contributed by atoms with Crippen LogP contribution in [0.3, 0.4) is 0 Å². The number of amides is 1. The summed E-state index contributed by atoms with van der Waals surface area (Å²) in [6.45, 7) is 3.18. The molecule has 1 aromatic carbocycles. The summed E-state index contributed by atoms with van der Waals surface area (Å²) in [5, 5.41) is 2.98. The first-order valence-electron chi connectivity index (χ1n) is 6.14.